The molecule has 9 atom stereocenters. The number of hydrogen-bond acceptors (Lipinski definition) is 17. The summed E-state index contributed by atoms with van der Waals surface area (Å²) in [6.45, 7) is 16.8. The van der Waals surface area contributed by atoms with Crippen LogP contribution in [0.4, 0.5) is 0 Å². The maximum absolute atomic E-state index is 13.4. The Labute approximate surface area is 572 Å². The maximum atomic E-state index is 13.4. The number of ketones is 3. The second-order valence-corrected chi connectivity index (χ2v) is 28.0. The van der Waals surface area contributed by atoms with Gasteiger partial charge in [0.1, 0.15) is 34.9 Å². The number of amides is 2. The molecular weight excluding hydrogens is 1270 g/mol. The number of nitrogens with two attached hydrogens (primary N) is 2. The van der Waals surface area contributed by atoms with Crippen LogP contribution in [0.1, 0.15) is 157 Å². The zero-order chi connectivity index (χ0) is 70.4. The third-order valence-electron chi connectivity index (χ3n) is 17.6. The number of likely N-dealkylation sites (tertiary alicyclic amines) is 2. The number of carboxylic acid groups (broad SMARTS) is 2. The number of carboxylic acids is 2. The first-order valence-electron chi connectivity index (χ1n) is 33.2. The molecule has 3 fully saturated rings. The fraction of sp³-hybridized carbons (Fsp3) is 0.542. The molecule has 1 aromatic heterocycles. The summed E-state index contributed by atoms with van der Waals surface area (Å²) in [6.07, 6.45) is 15.9. The first kappa shape index (κ1) is 80.8. The van der Waals surface area contributed by atoms with Gasteiger partial charge < -0.3 is 46.1 Å². The number of nitrogens with one attached hydrogen (secondary N) is 2. The summed E-state index contributed by atoms with van der Waals surface area (Å²) < 4.78 is 28.4. The summed E-state index contributed by atoms with van der Waals surface area (Å²) in [5.41, 5.74) is 13.9. The van der Waals surface area contributed by atoms with Crippen LogP contribution in [0.25, 0.3) is 0 Å². The monoisotopic (exact) mass is 1370 g/mol. The number of aliphatic carboxylic acids is 1. The highest BCUT2D eigenvalue weighted by Gasteiger charge is 2.39. The number of sulfone groups is 1. The average molecular weight is 1380 g/mol. The number of carbonyl (C=O) groups is 7. The second-order valence-electron chi connectivity index (χ2n) is 25.3. The van der Waals surface area contributed by atoms with Crippen molar-refractivity contribution in [2.75, 3.05) is 38.2 Å². The van der Waals surface area contributed by atoms with E-state index < -0.39 is 52.0 Å². The molecule has 2 aliphatic heterocycles. The third-order valence-corrected chi connectivity index (χ3v) is 19.8. The predicted molar refractivity (Wildman–Crippen MR) is 374 cm³/mol. The summed E-state index contributed by atoms with van der Waals surface area (Å²) in [7, 11) is -3.58. The number of benzene rings is 3. The highest BCUT2D eigenvalue weighted by molar-refractivity contribution is 7.90. The molecule has 2 amide bonds. The lowest BCUT2D eigenvalue weighted by atomic mass is 9.85. The van der Waals surface area contributed by atoms with Gasteiger partial charge in [-0.05, 0) is 163 Å². The number of aryl methyl sites for hydroxylation is 4. The van der Waals surface area contributed by atoms with Crippen LogP contribution in [-0.2, 0) is 64.3 Å². The van der Waals surface area contributed by atoms with E-state index in [4.69, 9.17) is 27.5 Å². The van der Waals surface area contributed by atoms with Crippen molar-refractivity contribution >= 4 is 75.2 Å². The van der Waals surface area contributed by atoms with Gasteiger partial charge in [-0.3, -0.25) is 39.4 Å². The van der Waals surface area contributed by atoms with Gasteiger partial charge in [0.15, 0.2) is 15.6 Å². The molecule has 2 saturated heterocycles. The Morgan fingerprint density at radius 1 is 0.653 bits per heavy atom. The average Bonchev–Trinajstić information content (AvgIpc) is 1.46. The number of nitrogens with zero attached hydrogens (tertiary/aromatic N) is 2. The maximum Gasteiger partial charge on any atom is 0.336 e. The minimum absolute atomic E-state index is 0.00941. The van der Waals surface area contributed by atoms with Crippen molar-refractivity contribution < 1.29 is 66.8 Å². The lowest BCUT2D eigenvalue weighted by molar-refractivity contribution is -0.141. The van der Waals surface area contributed by atoms with E-state index in [1.165, 1.54) is 17.9 Å². The Hall–Kier alpha value is -6.66. The van der Waals surface area contributed by atoms with Crippen molar-refractivity contribution in [2.24, 2.45) is 35.1 Å². The number of carbonyl (C=O) groups excluding carboxylic acids is 5. The number of furan rings is 1. The number of rotatable bonds is 34. The van der Waals surface area contributed by atoms with E-state index in [9.17, 15) is 62.4 Å². The predicted octanol–water partition coefficient (Wildman–Crippen LogP) is 10.5. The zero-order valence-electron chi connectivity index (χ0n) is 56.0. The Balaban J connectivity index is 0.000000279. The Bertz CT molecular complexity index is 3230. The van der Waals surface area contributed by atoms with Crippen molar-refractivity contribution in [1.29, 1.82) is 0 Å². The third kappa shape index (κ3) is 26.4. The molecule has 1 aliphatic carbocycles. The fourth-order valence-corrected chi connectivity index (χ4v) is 13.9. The Morgan fingerprint density at radius 2 is 1.15 bits per heavy atom. The van der Waals surface area contributed by atoms with Gasteiger partial charge in [-0.2, -0.15) is 12.6 Å². The minimum atomic E-state index is -3.58. The highest BCUT2D eigenvalue weighted by atomic mass is 35.5. The summed E-state index contributed by atoms with van der Waals surface area (Å²) >= 11 is 10.1. The molecule has 3 heterocycles. The van der Waals surface area contributed by atoms with Crippen LogP contribution in [0.5, 0.6) is 0 Å². The van der Waals surface area contributed by atoms with Gasteiger partial charge >= 0.3 is 11.9 Å². The topological polar surface area (TPSA) is 330 Å². The number of unbranched alkanes of at least 4 members (excludes halogenated alkanes) is 2. The summed E-state index contributed by atoms with van der Waals surface area (Å²) in [5.74, 6) is -0.708. The number of aliphatic hydroxyl groups is 2. The van der Waals surface area contributed by atoms with E-state index in [2.05, 4.69) is 48.6 Å². The summed E-state index contributed by atoms with van der Waals surface area (Å²) in [5, 5.41) is 45.2. The van der Waals surface area contributed by atoms with Crippen molar-refractivity contribution in [3.8, 4) is 0 Å². The van der Waals surface area contributed by atoms with Crippen LogP contribution >= 0.6 is 24.2 Å². The van der Waals surface area contributed by atoms with E-state index in [-0.39, 0.29) is 85.9 Å². The van der Waals surface area contributed by atoms with E-state index in [0.717, 1.165) is 94.3 Å². The van der Waals surface area contributed by atoms with Gasteiger partial charge in [0.05, 0.1) is 52.0 Å². The quantitative estimate of drug-likeness (QED) is 0.0119. The molecule has 4 aromatic rings. The number of Topliss-reactive ketones (excluding diaryl/α,β-unsaturated/α-hetero) is 3. The van der Waals surface area contributed by atoms with Crippen LogP contribution in [0.15, 0.2) is 125 Å². The van der Waals surface area contributed by atoms with Crippen LogP contribution in [0, 0.1) is 23.7 Å². The molecule has 524 valence electrons. The molecule has 7 rings (SSSR count). The van der Waals surface area contributed by atoms with Crippen LogP contribution in [0.2, 0.25) is 5.02 Å². The normalized spacial score (nSPS) is 18.3. The smallest absolute Gasteiger partial charge is 0.336 e. The largest absolute Gasteiger partial charge is 0.511 e. The number of halogens is 1. The molecule has 10 N–H and O–H groups in total. The molecule has 1 saturated carbocycles. The molecule has 20 nitrogen and oxygen atoms in total. The summed E-state index contributed by atoms with van der Waals surface area (Å²) in [6, 6.07) is 22.7. The first-order chi connectivity index (χ1) is 45.1. The molecule has 95 heavy (non-hydrogen) atoms. The number of aliphatic hydroxyl groups excluding tert-OH is 2. The van der Waals surface area contributed by atoms with Crippen molar-refractivity contribution in [1.82, 2.24) is 20.4 Å². The fourth-order valence-electron chi connectivity index (χ4n) is 12.3. The lowest BCUT2D eigenvalue weighted by Gasteiger charge is -2.31. The number of aromatic carboxylic acids is 1. The van der Waals surface area contributed by atoms with Gasteiger partial charge in [-0.25, -0.2) is 13.2 Å². The lowest BCUT2D eigenvalue weighted by Crippen LogP contribution is -2.54. The standard InChI is InChI=1S/C25H39N3O3.C22H33N3O4.C14H13ClO5S.C11H18O2S/c1-18(2)24(30)21(15-14-20-10-5-4-6-11-20)27-22(12-7-8-16-26)25(31)28-17-9-13-23(28)19(3)29;1-16(26)20-11-7-15-25(20)21(27)18(10-5-6-14-23)24-19(22(28)29)13-12-17-8-3-2-4-9-17;1-21(18,19)13-8-11(14(16)17)9(7-12(13)15)4-5-10-3-2-6-20-10;1-7(6-14)11(13)10-5-3-4-9(10)8(2)12/h4-6,10-11,18,21-23,27,29H,3,7-9,12-17,26H2,1-2H3;2-4,8-9,18-20,24,26H,1,5-7,10-15,23H2,(H,28,29);2-3,6-8H,4-5H2,1H3,(H,16,17);7,9-10,14H,3-6H2,1-2H3/t21-,22-,23-;18-,19-,20-;;7-,9+,10?/m00.1/s1. The Kier molecular flexibility index (Phi) is 35.2. The Morgan fingerprint density at radius 3 is 1.57 bits per heavy atom. The van der Waals surface area contributed by atoms with Crippen LogP contribution < -0.4 is 22.1 Å². The molecule has 3 aliphatic rings. The van der Waals surface area contributed by atoms with Crippen molar-refractivity contribution in [3.05, 3.63) is 149 Å². The van der Waals surface area contributed by atoms with Crippen LogP contribution in [0.3, 0.4) is 0 Å². The van der Waals surface area contributed by atoms with Gasteiger partial charge in [0.2, 0.25) is 11.8 Å². The van der Waals surface area contributed by atoms with Crippen molar-refractivity contribution in [2.45, 2.75) is 191 Å². The second kappa shape index (κ2) is 41.4. The zero-order valence-corrected chi connectivity index (χ0v) is 58.4. The van der Waals surface area contributed by atoms with E-state index in [1.54, 1.807) is 28.9 Å². The summed E-state index contributed by atoms with van der Waals surface area (Å²) in [4.78, 5) is 89.1. The first-order valence-corrected chi connectivity index (χ1v) is 36.1. The molecule has 0 spiro atoms. The van der Waals surface area contributed by atoms with Gasteiger partial charge in [-0.15, -0.1) is 0 Å². The molecule has 3 aromatic carbocycles. The van der Waals surface area contributed by atoms with E-state index >= 15 is 0 Å². The van der Waals surface area contributed by atoms with Gasteiger partial charge in [0.25, 0.3) is 0 Å². The van der Waals surface area contributed by atoms with Crippen LogP contribution in [-0.4, -0.2) is 154 Å². The van der Waals surface area contributed by atoms with Gasteiger partial charge in [0, 0.05) is 49.4 Å². The van der Waals surface area contributed by atoms with Crippen molar-refractivity contribution in [3.63, 3.8) is 0 Å². The number of thiol groups is 1. The molecule has 1 unspecified atom stereocenters. The SMILES string of the molecule is C=C(O)[C@@H]1CCCN1C(=O)[C@H](CCCCN)N[C@@H](CCc1ccccc1)C(=O)C(C)C.C=C(O)[C@@H]1CCCN1C(=O)[C@H](CCCCN)N[C@@H](CCc1ccccc1)C(=O)O.CC(=O)[C@@H]1CCCC1C(=O)[C@H](C)CS.CS(=O)(=O)c1cc(C(=O)O)c(CCc2ccco2)cc1Cl. The van der Waals surface area contributed by atoms with E-state index in [1.807, 2.05) is 69.3 Å². The molecule has 0 radical (unpaired) electrons. The molecule has 0 bridgehead atoms. The minimum Gasteiger partial charge on any atom is -0.511 e. The number of hydrogen-bond donors (Lipinski definition) is 9. The molecule has 23 heteroatoms. The van der Waals surface area contributed by atoms with E-state index in [0.29, 0.717) is 88.9 Å². The van der Waals surface area contributed by atoms with Gasteiger partial charge in [-0.1, -0.05) is 125 Å². The molecular formula is C72H103ClN6O14S2. The highest BCUT2D eigenvalue weighted by Crippen LogP contribution is 2.35.